The summed E-state index contributed by atoms with van der Waals surface area (Å²) in [4.78, 5) is 19.6. The van der Waals surface area contributed by atoms with Crippen molar-refractivity contribution in [2.24, 2.45) is 0 Å². The van der Waals surface area contributed by atoms with Gasteiger partial charge in [0.2, 0.25) is 0 Å². The summed E-state index contributed by atoms with van der Waals surface area (Å²) in [5.41, 5.74) is 6.84. The lowest BCUT2D eigenvalue weighted by atomic mass is 10.1. The summed E-state index contributed by atoms with van der Waals surface area (Å²) in [6.45, 7) is 7.44. The summed E-state index contributed by atoms with van der Waals surface area (Å²) >= 11 is 6.32. The fourth-order valence-corrected chi connectivity index (χ4v) is 5.82. The number of amides is 1. The molecular formula is C29H35ClF4N8O. The number of rotatable bonds is 6. The predicted octanol–water partition coefficient (Wildman–Crippen LogP) is 5.10. The van der Waals surface area contributed by atoms with E-state index in [0.717, 1.165) is 0 Å². The van der Waals surface area contributed by atoms with Gasteiger partial charge in [0.1, 0.15) is 5.69 Å². The van der Waals surface area contributed by atoms with Crippen molar-refractivity contribution < 1.29 is 22.4 Å². The van der Waals surface area contributed by atoms with Crippen molar-refractivity contribution in [3.05, 3.63) is 57.9 Å². The molecule has 14 heteroatoms. The minimum absolute atomic E-state index is 0.0230. The zero-order valence-electron chi connectivity index (χ0n) is 24.5. The van der Waals surface area contributed by atoms with Crippen LogP contribution in [-0.4, -0.2) is 81.9 Å². The van der Waals surface area contributed by atoms with Crippen LogP contribution in [0.25, 0.3) is 5.69 Å². The smallest absolute Gasteiger partial charge is 0.257 e. The standard InChI is InChI=1S/C29H35ClF4N8O/c1-16-12-41(13-17(2)39(16)4)25-10-21(31)24(42-15-19(37-38-42)14-40-7-5-29(33,34)6-8-40)11-23(25)36-28(43)20-9-22(35)27(32)18(3)26(20)30/h9-11,15-17H,5-8,12-14,35H2,1-4H3,(H,36,43)/t16-,17+. The van der Waals surface area contributed by atoms with Crippen LogP contribution in [0.5, 0.6) is 0 Å². The molecule has 3 aromatic rings. The van der Waals surface area contributed by atoms with Gasteiger partial charge < -0.3 is 16.0 Å². The Morgan fingerprint density at radius 2 is 1.77 bits per heavy atom. The molecule has 0 radical (unpaired) electrons. The molecule has 0 bridgehead atoms. The minimum Gasteiger partial charge on any atom is -0.396 e. The minimum atomic E-state index is -2.66. The zero-order chi connectivity index (χ0) is 31.2. The second kappa shape index (κ2) is 11.9. The number of nitrogen functional groups attached to an aromatic ring is 1. The summed E-state index contributed by atoms with van der Waals surface area (Å²) < 4.78 is 58.4. The van der Waals surface area contributed by atoms with Crippen molar-refractivity contribution in [2.45, 2.75) is 58.2 Å². The molecule has 3 heterocycles. The van der Waals surface area contributed by atoms with Gasteiger partial charge in [-0.2, -0.15) is 0 Å². The molecule has 5 rings (SSSR count). The van der Waals surface area contributed by atoms with E-state index >= 15 is 4.39 Å². The molecule has 1 amide bonds. The van der Waals surface area contributed by atoms with Crippen molar-refractivity contribution in [3.8, 4) is 5.69 Å². The predicted molar refractivity (Wildman–Crippen MR) is 158 cm³/mol. The molecule has 2 aromatic carbocycles. The monoisotopic (exact) mass is 622 g/mol. The second-order valence-electron chi connectivity index (χ2n) is 11.6. The van der Waals surface area contributed by atoms with Crippen LogP contribution >= 0.6 is 11.6 Å². The Balaban J connectivity index is 1.48. The van der Waals surface area contributed by atoms with Crippen molar-refractivity contribution >= 4 is 34.6 Å². The van der Waals surface area contributed by atoms with Crippen molar-refractivity contribution in [3.63, 3.8) is 0 Å². The highest BCUT2D eigenvalue weighted by molar-refractivity contribution is 6.35. The first-order valence-electron chi connectivity index (χ1n) is 14.1. The average molecular weight is 623 g/mol. The van der Waals surface area contributed by atoms with Crippen LogP contribution in [0.1, 0.15) is 48.3 Å². The number of carbonyl (C=O) groups is 1. The number of halogens is 5. The number of hydrogen-bond acceptors (Lipinski definition) is 7. The van der Waals surface area contributed by atoms with Gasteiger partial charge in [-0.15, -0.1) is 5.10 Å². The SMILES string of the molecule is Cc1c(F)c(N)cc(C(=O)Nc2cc(-n3cc(CN4CCC(F)(F)CC4)nn3)c(F)cc2N2C[C@@H](C)N(C)[C@@H](C)C2)c1Cl. The van der Waals surface area contributed by atoms with Crippen LogP contribution in [0.15, 0.2) is 24.4 Å². The van der Waals surface area contributed by atoms with Crippen LogP contribution in [-0.2, 0) is 6.54 Å². The number of nitrogens with one attached hydrogen (secondary N) is 1. The summed E-state index contributed by atoms with van der Waals surface area (Å²) in [5.74, 6) is -4.61. The number of benzene rings is 2. The van der Waals surface area contributed by atoms with Crippen LogP contribution in [0.3, 0.4) is 0 Å². The Morgan fingerprint density at radius 1 is 1.12 bits per heavy atom. The van der Waals surface area contributed by atoms with Gasteiger partial charge in [-0.3, -0.25) is 14.6 Å². The summed E-state index contributed by atoms with van der Waals surface area (Å²) in [7, 11) is 2.03. The van der Waals surface area contributed by atoms with E-state index < -0.39 is 23.5 Å². The molecule has 9 nitrogen and oxygen atoms in total. The number of anilines is 3. The average Bonchev–Trinajstić information content (AvgIpc) is 3.42. The van der Waals surface area contributed by atoms with Gasteiger partial charge in [0.15, 0.2) is 11.6 Å². The van der Waals surface area contributed by atoms with Crippen LogP contribution < -0.4 is 16.0 Å². The van der Waals surface area contributed by atoms with Gasteiger partial charge in [0, 0.05) is 69.3 Å². The van der Waals surface area contributed by atoms with Gasteiger partial charge in [-0.1, -0.05) is 16.8 Å². The molecule has 2 atom stereocenters. The Kier molecular flexibility index (Phi) is 8.61. The molecule has 1 aromatic heterocycles. The summed E-state index contributed by atoms with van der Waals surface area (Å²) in [6.07, 6.45) is 1.08. The second-order valence-corrected chi connectivity index (χ2v) is 12.0. The molecule has 0 saturated carbocycles. The lowest BCUT2D eigenvalue weighted by Gasteiger charge is -2.44. The molecule has 0 aliphatic carbocycles. The molecule has 0 unspecified atom stereocenters. The first-order valence-corrected chi connectivity index (χ1v) is 14.5. The van der Waals surface area contributed by atoms with E-state index in [1.807, 2.05) is 16.8 Å². The Bertz CT molecular complexity index is 1510. The Morgan fingerprint density at radius 3 is 2.42 bits per heavy atom. The van der Waals surface area contributed by atoms with Crippen LogP contribution in [0.4, 0.5) is 34.6 Å². The Hall–Kier alpha value is -3.42. The van der Waals surface area contributed by atoms with Gasteiger partial charge >= 0.3 is 0 Å². The fourth-order valence-electron chi connectivity index (χ4n) is 5.60. The van der Waals surface area contributed by atoms with E-state index in [-0.39, 0.29) is 71.2 Å². The zero-order valence-corrected chi connectivity index (χ0v) is 25.2. The molecule has 2 fully saturated rings. The van der Waals surface area contributed by atoms with Gasteiger partial charge in [-0.25, -0.2) is 22.2 Å². The summed E-state index contributed by atoms with van der Waals surface area (Å²) in [6, 6.07) is 4.28. The number of nitrogens with zero attached hydrogens (tertiary/aromatic N) is 6. The van der Waals surface area contributed by atoms with Crippen molar-refractivity contribution in [2.75, 3.05) is 49.2 Å². The maximum absolute atomic E-state index is 15.8. The third-order valence-electron chi connectivity index (χ3n) is 8.47. The van der Waals surface area contributed by atoms with Gasteiger partial charge in [0.05, 0.1) is 39.5 Å². The van der Waals surface area contributed by atoms with Gasteiger partial charge in [-0.05, 0) is 40.0 Å². The Labute approximate surface area is 252 Å². The first kappa shape index (κ1) is 31.0. The van der Waals surface area contributed by atoms with E-state index in [1.54, 1.807) is 0 Å². The molecule has 0 spiro atoms. The van der Waals surface area contributed by atoms with Crippen molar-refractivity contribution in [1.29, 1.82) is 0 Å². The number of piperidine rings is 1. The van der Waals surface area contributed by atoms with E-state index in [9.17, 15) is 18.0 Å². The molecule has 2 saturated heterocycles. The lowest BCUT2D eigenvalue weighted by molar-refractivity contribution is -0.0568. The largest absolute Gasteiger partial charge is 0.396 e. The third-order valence-corrected chi connectivity index (χ3v) is 8.95. The number of piperazine rings is 1. The molecule has 2 aliphatic heterocycles. The normalized spacial score (nSPS) is 21.3. The number of hydrogen-bond donors (Lipinski definition) is 2. The number of nitrogens with two attached hydrogens (primary N) is 1. The fraction of sp³-hybridized carbons (Fsp3) is 0.483. The maximum Gasteiger partial charge on any atom is 0.257 e. The molecule has 232 valence electrons. The highest BCUT2D eigenvalue weighted by atomic mass is 35.5. The highest BCUT2D eigenvalue weighted by Gasteiger charge is 2.34. The molecule has 3 N–H and O–H groups in total. The molecular weight excluding hydrogens is 588 g/mol. The van der Waals surface area contributed by atoms with Gasteiger partial charge in [0.25, 0.3) is 11.8 Å². The van der Waals surface area contributed by atoms with E-state index in [0.29, 0.717) is 31.0 Å². The van der Waals surface area contributed by atoms with E-state index in [2.05, 4.69) is 34.4 Å². The van der Waals surface area contributed by atoms with E-state index in [4.69, 9.17) is 17.3 Å². The third kappa shape index (κ3) is 6.43. The molecule has 43 heavy (non-hydrogen) atoms. The van der Waals surface area contributed by atoms with Crippen LogP contribution in [0.2, 0.25) is 5.02 Å². The number of likely N-dealkylation sites (tertiary alicyclic amines) is 1. The first-order chi connectivity index (χ1) is 20.2. The maximum atomic E-state index is 15.8. The lowest BCUT2D eigenvalue weighted by Crippen LogP contribution is -2.55. The molecule has 2 aliphatic rings. The number of likely N-dealkylation sites (N-methyl/N-ethyl adjacent to an activating group) is 1. The topological polar surface area (TPSA) is 95.5 Å². The van der Waals surface area contributed by atoms with E-state index in [1.165, 1.54) is 36.0 Å². The van der Waals surface area contributed by atoms with Crippen LogP contribution in [0, 0.1) is 18.6 Å². The number of carbonyl (C=O) groups excluding carboxylic acids is 1. The highest BCUT2D eigenvalue weighted by Crippen LogP contribution is 2.35. The summed E-state index contributed by atoms with van der Waals surface area (Å²) in [5, 5.41) is 11.0. The van der Waals surface area contributed by atoms with Crippen molar-refractivity contribution in [1.82, 2.24) is 24.8 Å². The number of aromatic nitrogens is 3. The number of alkyl halides is 2. The quantitative estimate of drug-likeness (QED) is 0.292.